The summed E-state index contributed by atoms with van der Waals surface area (Å²) < 4.78 is 13.8. The molecule has 0 bridgehead atoms. The van der Waals surface area contributed by atoms with Crippen LogP contribution in [-0.4, -0.2) is 48.9 Å². The molecule has 0 atom stereocenters. The number of halogens is 2. The Morgan fingerprint density at radius 1 is 1.31 bits per heavy atom. The first-order chi connectivity index (χ1) is 12.5. The molecule has 1 aromatic carbocycles. The molecule has 1 aromatic rings. The van der Waals surface area contributed by atoms with E-state index >= 15 is 0 Å². The number of nitrogens with one attached hydrogen (secondary N) is 2. The number of rotatable bonds is 8. The van der Waals surface area contributed by atoms with E-state index in [0.717, 1.165) is 32.5 Å². The number of unbranched alkanes of at least 4 members (excludes halogenated alkanes) is 1. The number of hydrogen-bond donors (Lipinski definition) is 2. The lowest BCUT2D eigenvalue weighted by Crippen LogP contribution is -2.45. The van der Waals surface area contributed by atoms with Crippen molar-refractivity contribution in [3.63, 3.8) is 0 Å². The SMILES string of the molecule is CCCCN1CCC(NC(=O)CCNC(=O)c2cc(F)ccc2Br)CC1. The van der Waals surface area contributed by atoms with Gasteiger partial charge in [-0.25, -0.2) is 4.39 Å². The standard InChI is InChI=1S/C19H27BrFN3O2/c1-2-3-10-24-11-7-15(8-12-24)23-18(25)6-9-22-19(26)16-13-14(21)4-5-17(16)20/h4-5,13,15H,2-3,6-12H2,1H3,(H,22,26)(H,23,25). The highest BCUT2D eigenvalue weighted by Crippen LogP contribution is 2.17. The molecule has 2 rings (SSSR count). The maximum Gasteiger partial charge on any atom is 0.252 e. The van der Waals surface area contributed by atoms with Crippen molar-refractivity contribution in [1.82, 2.24) is 15.5 Å². The number of hydrogen-bond acceptors (Lipinski definition) is 3. The van der Waals surface area contributed by atoms with Crippen LogP contribution in [0, 0.1) is 5.82 Å². The van der Waals surface area contributed by atoms with Crippen LogP contribution in [0.5, 0.6) is 0 Å². The molecule has 0 radical (unpaired) electrons. The van der Waals surface area contributed by atoms with Gasteiger partial charge in [-0.3, -0.25) is 9.59 Å². The number of amides is 2. The van der Waals surface area contributed by atoms with E-state index in [1.54, 1.807) is 0 Å². The van der Waals surface area contributed by atoms with Crippen LogP contribution in [0.4, 0.5) is 4.39 Å². The molecule has 0 unspecified atom stereocenters. The highest BCUT2D eigenvalue weighted by Gasteiger charge is 2.20. The molecule has 1 saturated heterocycles. The van der Waals surface area contributed by atoms with Crippen molar-refractivity contribution in [2.75, 3.05) is 26.2 Å². The monoisotopic (exact) mass is 427 g/mol. The third-order valence-corrected chi connectivity index (χ3v) is 5.28. The van der Waals surface area contributed by atoms with Crippen molar-refractivity contribution < 1.29 is 14.0 Å². The number of carbonyl (C=O) groups excluding carboxylic acids is 2. The molecule has 0 aromatic heterocycles. The third kappa shape index (κ3) is 6.68. The zero-order chi connectivity index (χ0) is 18.9. The van der Waals surface area contributed by atoms with Crippen LogP contribution in [0.2, 0.25) is 0 Å². The Kier molecular flexibility index (Phi) is 8.51. The second kappa shape index (κ2) is 10.6. The summed E-state index contributed by atoms with van der Waals surface area (Å²) in [7, 11) is 0. The summed E-state index contributed by atoms with van der Waals surface area (Å²) in [5, 5.41) is 5.70. The number of piperidine rings is 1. The molecule has 26 heavy (non-hydrogen) atoms. The van der Waals surface area contributed by atoms with Crippen molar-refractivity contribution >= 4 is 27.7 Å². The largest absolute Gasteiger partial charge is 0.353 e. The van der Waals surface area contributed by atoms with Gasteiger partial charge in [-0.1, -0.05) is 13.3 Å². The van der Waals surface area contributed by atoms with Crippen molar-refractivity contribution in [3.05, 3.63) is 34.1 Å². The highest BCUT2D eigenvalue weighted by atomic mass is 79.9. The molecule has 144 valence electrons. The summed E-state index contributed by atoms with van der Waals surface area (Å²) in [6, 6.07) is 4.16. The molecule has 0 aliphatic carbocycles. The van der Waals surface area contributed by atoms with Gasteiger partial charge < -0.3 is 15.5 Å². The molecule has 2 N–H and O–H groups in total. The third-order valence-electron chi connectivity index (χ3n) is 4.59. The molecule has 5 nitrogen and oxygen atoms in total. The molecule has 0 spiro atoms. The molecule has 1 fully saturated rings. The lowest BCUT2D eigenvalue weighted by molar-refractivity contribution is -0.121. The minimum atomic E-state index is -0.471. The second-order valence-electron chi connectivity index (χ2n) is 6.67. The fraction of sp³-hybridized carbons (Fsp3) is 0.579. The minimum Gasteiger partial charge on any atom is -0.353 e. The quantitative estimate of drug-likeness (QED) is 0.669. The van der Waals surface area contributed by atoms with Gasteiger partial charge in [0.25, 0.3) is 5.91 Å². The van der Waals surface area contributed by atoms with Crippen LogP contribution >= 0.6 is 15.9 Å². The van der Waals surface area contributed by atoms with Crippen LogP contribution in [0.15, 0.2) is 22.7 Å². The average Bonchev–Trinajstić information content (AvgIpc) is 2.63. The Balaban J connectivity index is 1.66. The van der Waals surface area contributed by atoms with Gasteiger partial charge in [-0.05, 0) is 59.9 Å². The van der Waals surface area contributed by atoms with Crippen molar-refractivity contribution in [2.45, 2.75) is 45.1 Å². The van der Waals surface area contributed by atoms with Gasteiger partial charge in [0.05, 0.1) is 5.56 Å². The minimum absolute atomic E-state index is 0.0596. The van der Waals surface area contributed by atoms with Gasteiger partial charge in [0.15, 0.2) is 0 Å². The predicted octanol–water partition coefficient (Wildman–Crippen LogP) is 3.09. The zero-order valence-electron chi connectivity index (χ0n) is 15.2. The van der Waals surface area contributed by atoms with Gasteiger partial charge in [0.2, 0.25) is 5.91 Å². The van der Waals surface area contributed by atoms with Crippen molar-refractivity contribution in [2.24, 2.45) is 0 Å². The van der Waals surface area contributed by atoms with Crippen LogP contribution in [0.1, 0.15) is 49.4 Å². The second-order valence-corrected chi connectivity index (χ2v) is 7.52. The van der Waals surface area contributed by atoms with Crippen LogP contribution in [0.3, 0.4) is 0 Å². The Labute approximate surface area is 162 Å². The predicted molar refractivity (Wildman–Crippen MR) is 104 cm³/mol. The maximum atomic E-state index is 13.2. The first kappa shape index (κ1) is 20.8. The summed E-state index contributed by atoms with van der Waals surface area (Å²) in [6.07, 6.45) is 4.58. The van der Waals surface area contributed by atoms with Crippen LogP contribution < -0.4 is 10.6 Å². The molecule has 0 saturated carbocycles. The summed E-state index contributed by atoms with van der Waals surface area (Å²) in [5.74, 6) is -0.926. The highest BCUT2D eigenvalue weighted by molar-refractivity contribution is 9.10. The molecule has 7 heteroatoms. The van der Waals surface area contributed by atoms with Gasteiger partial charge in [0, 0.05) is 36.6 Å². The van der Waals surface area contributed by atoms with Crippen molar-refractivity contribution in [3.8, 4) is 0 Å². The summed E-state index contributed by atoms with van der Waals surface area (Å²) in [4.78, 5) is 26.6. The fourth-order valence-electron chi connectivity index (χ4n) is 3.04. The molecule has 1 aliphatic rings. The number of benzene rings is 1. The Morgan fingerprint density at radius 3 is 2.73 bits per heavy atom. The van der Waals surface area contributed by atoms with E-state index in [1.165, 1.54) is 31.0 Å². The number of likely N-dealkylation sites (tertiary alicyclic amines) is 1. The molecule has 2 amide bonds. The van der Waals surface area contributed by atoms with E-state index in [0.29, 0.717) is 4.47 Å². The van der Waals surface area contributed by atoms with Gasteiger partial charge in [-0.2, -0.15) is 0 Å². The molecule has 1 aliphatic heterocycles. The van der Waals surface area contributed by atoms with Gasteiger partial charge in [0.1, 0.15) is 5.82 Å². The lowest BCUT2D eigenvalue weighted by Gasteiger charge is -2.32. The smallest absolute Gasteiger partial charge is 0.252 e. The molecule has 1 heterocycles. The fourth-order valence-corrected chi connectivity index (χ4v) is 3.47. The van der Waals surface area contributed by atoms with Crippen molar-refractivity contribution in [1.29, 1.82) is 0 Å². The lowest BCUT2D eigenvalue weighted by atomic mass is 10.0. The Hall–Kier alpha value is -1.47. The van der Waals surface area contributed by atoms with Crippen LogP contribution in [-0.2, 0) is 4.79 Å². The first-order valence-electron chi connectivity index (χ1n) is 9.24. The van der Waals surface area contributed by atoms with E-state index in [2.05, 4.69) is 38.4 Å². The van der Waals surface area contributed by atoms with Gasteiger partial charge >= 0.3 is 0 Å². The normalized spacial score (nSPS) is 15.7. The van der Waals surface area contributed by atoms with E-state index in [1.807, 2.05) is 0 Å². The first-order valence-corrected chi connectivity index (χ1v) is 10.0. The topological polar surface area (TPSA) is 61.4 Å². The average molecular weight is 428 g/mol. The summed E-state index contributed by atoms with van der Waals surface area (Å²) in [5.41, 5.74) is 0.227. The van der Waals surface area contributed by atoms with E-state index < -0.39 is 11.7 Å². The van der Waals surface area contributed by atoms with E-state index in [4.69, 9.17) is 0 Å². The summed E-state index contributed by atoms with van der Waals surface area (Å²) in [6.45, 7) is 5.60. The van der Waals surface area contributed by atoms with E-state index in [-0.39, 0.29) is 30.5 Å². The molecular formula is C19H27BrFN3O2. The maximum absolute atomic E-state index is 13.2. The Morgan fingerprint density at radius 2 is 2.04 bits per heavy atom. The number of carbonyl (C=O) groups is 2. The Bertz CT molecular complexity index is 619. The zero-order valence-corrected chi connectivity index (χ0v) is 16.8. The molecular weight excluding hydrogens is 401 g/mol. The van der Waals surface area contributed by atoms with E-state index in [9.17, 15) is 14.0 Å². The number of nitrogens with zero attached hydrogens (tertiary/aromatic N) is 1. The van der Waals surface area contributed by atoms with Gasteiger partial charge in [-0.15, -0.1) is 0 Å². The summed E-state index contributed by atoms with van der Waals surface area (Å²) >= 11 is 3.23. The van der Waals surface area contributed by atoms with Crippen LogP contribution in [0.25, 0.3) is 0 Å².